The molecule has 1 aromatic heterocycles. The molecule has 2 N–H and O–H groups in total. The average Bonchev–Trinajstić information content (AvgIpc) is 3.25. The van der Waals surface area contributed by atoms with Crippen molar-refractivity contribution in [1.29, 1.82) is 0 Å². The molecule has 2 heterocycles. The molecule has 0 saturated carbocycles. The van der Waals surface area contributed by atoms with E-state index < -0.39 is 17.8 Å². The summed E-state index contributed by atoms with van der Waals surface area (Å²) in [5, 5.41) is 9.91. The lowest BCUT2D eigenvalue weighted by Gasteiger charge is -2.11. The van der Waals surface area contributed by atoms with Gasteiger partial charge in [0, 0.05) is 12.7 Å². The third kappa shape index (κ3) is 4.06. The number of carbonyl (C=O) groups is 2. The SMILES string of the molecule is COCc1nn2c(c1-c1ccc(OC)cc1)NC(=O)C2CC(=O)Nc1ccc(C)cc1F. The van der Waals surface area contributed by atoms with Gasteiger partial charge in [0.05, 0.1) is 31.5 Å². The van der Waals surface area contributed by atoms with E-state index >= 15 is 0 Å². The average molecular weight is 438 g/mol. The van der Waals surface area contributed by atoms with Crippen molar-refractivity contribution in [2.75, 3.05) is 24.9 Å². The van der Waals surface area contributed by atoms with Gasteiger partial charge in [-0.05, 0) is 42.3 Å². The highest BCUT2D eigenvalue weighted by Crippen LogP contribution is 2.39. The third-order valence-corrected chi connectivity index (χ3v) is 5.26. The van der Waals surface area contributed by atoms with E-state index in [1.54, 1.807) is 27.2 Å². The smallest absolute Gasteiger partial charge is 0.251 e. The Morgan fingerprint density at radius 3 is 2.62 bits per heavy atom. The molecule has 166 valence electrons. The molecular weight excluding hydrogens is 415 g/mol. The van der Waals surface area contributed by atoms with Crippen molar-refractivity contribution in [3.05, 3.63) is 59.5 Å². The van der Waals surface area contributed by atoms with Crippen LogP contribution < -0.4 is 15.4 Å². The van der Waals surface area contributed by atoms with E-state index in [1.807, 2.05) is 24.3 Å². The number of aromatic nitrogens is 2. The first-order valence-corrected chi connectivity index (χ1v) is 10.0. The van der Waals surface area contributed by atoms with Crippen LogP contribution >= 0.6 is 0 Å². The zero-order valence-electron chi connectivity index (χ0n) is 17.9. The fourth-order valence-corrected chi connectivity index (χ4v) is 3.71. The predicted molar refractivity (Wildman–Crippen MR) is 117 cm³/mol. The first kappa shape index (κ1) is 21.5. The number of methoxy groups -OCH3 is 2. The van der Waals surface area contributed by atoms with Gasteiger partial charge < -0.3 is 20.1 Å². The largest absolute Gasteiger partial charge is 0.497 e. The molecule has 2 aromatic carbocycles. The van der Waals surface area contributed by atoms with Gasteiger partial charge in [-0.1, -0.05) is 18.2 Å². The van der Waals surface area contributed by atoms with Crippen LogP contribution in [0.15, 0.2) is 42.5 Å². The molecule has 1 atom stereocenters. The highest BCUT2D eigenvalue weighted by atomic mass is 19.1. The molecular formula is C23H23FN4O4. The number of aryl methyl sites for hydroxylation is 1. The van der Waals surface area contributed by atoms with Gasteiger partial charge in [-0.25, -0.2) is 9.07 Å². The van der Waals surface area contributed by atoms with Gasteiger partial charge in [0.1, 0.15) is 23.4 Å². The van der Waals surface area contributed by atoms with Crippen molar-refractivity contribution >= 4 is 23.3 Å². The molecule has 0 saturated heterocycles. The van der Waals surface area contributed by atoms with Crippen molar-refractivity contribution in [3.63, 3.8) is 0 Å². The number of fused-ring (bicyclic) bond motifs is 1. The Labute approximate surface area is 184 Å². The summed E-state index contributed by atoms with van der Waals surface area (Å²) in [4.78, 5) is 25.2. The Balaban J connectivity index is 1.62. The number of carbonyl (C=O) groups excluding carboxylic acids is 2. The molecule has 0 radical (unpaired) electrons. The number of rotatable bonds is 7. The van der Waals surface area contributed by atoms with Gasteiger partial charge in [0.15, 0.2) is 0 Å². The fraction of sp³-hybridized carbons (Fsp3) is 0.261. The Kier molecular flexibility index (Phi) is 5.91. The number of ether oxygens (including phenoxy) is 2. The van der Waals surface area contributed by atoms with Crippen molar-refractivity contribution in [3.8, 4) is 16.9 Å². The molecule has 32 heavy (non-hydrogen) atoms. The quantitative estimate of drug-likeness (QED) is 0.587. The molecule has 2 amide bonds. The van der Waals surface area contributed by atoms with Crippen LogP contribution in [-0.4, -0.2) is 35.8 Å². The Bertz CT molecular complexity index is 1170. The minimum atomic E-state index is -0.860. The van der Waals surface area contributed by atoms with Crippen LogP contribution in [0.4, 0.5) is 15.9 Å². The van der Waals surface area contributed by atoms with Crippen molar-refractivity contribution in [2.24, 2.45) is 0 Å². The van der Waals surface area contributed by atoms with Crippen LogP contribution in [0.1, 0.15) is 23.7 Å². The molecule has 1 aliphatic heterocycles. The zero-order valence-corrected chi connectivity index (χ0v) is 17.9. The molecule has 0 spiro atoms. The number of nitrogens with zero attached hydrogens (tertiary/aromatic N) is 2. The van der Waals surface area contributed by atoms with Gasteiger partial charge in [-0.3, -0.25) is 9.59 Å². The lowest BCUT2D eigenvalue weighted by atomic mass is 10.1. The van der Waals surface area contributed by atoms with Gasteiger partial charge >= 0.3 is 0 Å². The number of amides is 2. The van der Waals surface area contributed by atoms with E-state index in [9.17, 15) is 14.0 Å². The normalized spacial score (nSPS) is 14.8. The van der Waals surface area contributed by atoms with Gasteiger partial charge in [-0.2, -0.15) is 5.10 Å². The van der Waals surface area contributed by atoms with Crippen LogP contribution in [-0.2, 0) is 20.9 Å². The second-order valence-electron chi connectivity index (χ2n) is 7.52. The molecule has 8 nitrogen and oxygen atoms in total. The summed E-state index contributed by atoms with van der Waals surface area (Å²) in [5.74, 6) is -0.182. The van der Waals surface area contributed by atoms with Crippen LogP contribution in [0.2, 0.25) is 0 Å². The number of benzene rings is 2. The number of hydrogen-bond acceptors (Lipinski definition) is 5. The second-order valence-corrected chi connectivity index (χ2v) is 7.52. The van der Waals surface area contributed by atoms with Crippen LogP contribution in [0, 0.1) is 12.7 Å². The number of halogens is 1. The minimum Gasteiger partial charge on any atom is -0.497 e. The summed E-state index contributed by atoms with van der Waals surface area (Å²) >= 11 is 0. The van der Waals surface area contributed by atoms with Gasteiger partial charge in [0.2, 0.25) is 5.91 Å². The maximum atomic E-state index is 14.1. The van der Waals surface area contributed by atoms with Gasteiger partial charge in [-0.15, -0.1) is 0 Å². The topological polar surface area (TPSA) is 94.5 Å². The van der Waals surface area contributed by atoms with Crippen LogP contribution in [0.3, 0.4) is 0 Å². The first-order chi connectivity index (χ1) is 15.4. The Morgan fingerprint density at radius 2 is 1.97 bits per heavy atom. The van der Waals surface area contributed by atoms with Crippen molar-refractivity contribution in [1.82, 2.24) is 9.78 Å². The lowest BCUT2D eigenvalue weighted by Crippen LogP contribution is -2.24. The monoisotopic (exact) mass is 438 g/mol. The minimum absolute atomic E-state index is 0.0682. The molecule has 0 aliphatic carbocycles. The van der Waals surface area contributed by atoms with Crippen LogP contribution in [0.5, 0.6) is 5.75 Å². The predicted octanol–water partition coefficient (Wildman–Crippen LogP) is 3.67. The summed E-state index contributed by atoms with van der Waals surface area (Å²) in [7, 11) is 3.14. The number of hydrogen-bond donors (Lipinski definition) is 2. The summed E-state index contributed by atoms with van der Waals surface area (Å²) in [6.45, 7) is 1.99. The van der Waals surface area contributed by atoms with Crippen molar-refractivity contribution < 1.29 is 23.5 Å². The molecule has 1 unspecified atom stereocenters. The highest BCUT2D eigenvalue weighted by Gasteiger charge is 2.37. The highest BCUT2D eigenvalue weighted by molar-refractivity contribution is 6.04. The number of nitrogens with one attached hydrogen (secondary N) is 2. The molecule has 3 aromatic rings. The Hall–Kier alpha value is -3.72. The number of anilines is 2. The molecule has 1 aliphatic rings. The summed E-state index contributed by atoms with van der Waals surface area (Å²) < 4.78 is 26.1. The molecule has 4 rings (SSSR count). The van der Waals surface area contributed by atoms with E-state index in [2.05, 4.69) is 15.7 Å². The first-order valence-electron chi connectivity index (χ1n) is 10.0. The summed E-state index contributed by atoms with van der Waals surface area (Å²) in [6.07, 6.45) is -0.192. The van der Waals surface area contributed by atoms with E-state index in [0.29, 0.717) is 17.3 Å². The standard InChI is InChI=1S/C23H23FN4O4/c1-13-4-9-17(16(24)10-13)25-20(29)11-19-23(30)26-22-21(18(12-31-2)27-28(19)22)14-5-7-15(32-3)8-6-14/h4-10,19H,11-12H2,1-3H3,(H,25,29)(H,26,30). The molecule has 9 heteroatoms. The zero-order chi connectivity index (χ0) is 22.8. The van der Waals surface area contributed by atoms with E-state index in [-0.39, 0.29) is 24.6 Å². The third-order valence-electron chi connectivity index (χ3n) is 5.26. The fourth-order valence-electron chi connectivity index (χ4n) is 3.71. The molecule has 0 fully saturated rings. The van der Waals surface area contributed by atoms with E-state index in [1.165, 1.54) is 16.8 Å². The lowest BCUT2D eigenvalue weighted by molar-refractivity contribution is -0.123. The van der Waals surface area contributed by atoms with Crippen molar-refractivity contribution in [2.45, 2.75) is 26.0 Å². The van der Waals surface area contributed by atoms with E-state index in [4.69, 9.17) is 9.47 Å². The van der Waals surface area contributed by atoms with E-state index in [0.717, 1.165) is 16.7 Å². The summed E-state index contributed by atoms with van der Waals surface area (Å²) in [5.41, 5.74) is 2.98. The van der Waals surface area contributed by atoms with Gasteiger partial charge in [0.25, 0.3) is 5.91 Å². The maximum Gasteiger partial charge on any atom is 0.251 e. The second kappa shape index (κ2) is 8.80. The maximum absolute atomic E-state index is 14.1. The molecule has 0 bridgehead atoms. The Morgan fingerprint density at radius 1 is 1.22 bits per heavy atom. The summed E-state index contributed by atoms with van der Waals surface area (Å²) in [6, 6.07) is 11.0. The van der Waals surface area contributed by atoms with Crippen LogP contribution in [0.25, 0.3) is 11.1 Å².